The van der Waals surface area contributed by atoms with E-state index in [1.54, 1.807) is 42.5 Å². The minimum atomic E-state index is -0.335. The second kappa shape index (κ2) is 7.42. The molecule has 27 heavy (non-hydrogen) atoms. The van der Waals surface area contributed by atoms with Crippen molar-refractivity contribution in [3.8, 4) is 28.8 Å². The lowest BCUT2D eigenvalue weighted by Gasteiger charge is -2.06. The van der Waals surface area contributed by atoms with Crippen molar-refractivity contribution in [2.24, 2.45) is 0 Å². The highest BCUT2D eigenvalue weighted by Crippen LogP contribution is 2.32. The molecule has 2 aromatic carbocycles. The lowest BCUT2D eigenvalue weighted by Crippen LogP contribution is -1.94. The van der Waals surface area contributed by atoms with Gasteiger partial charge in [-0.25, -0.2) is 4.39 Å². The Balaban J connectivity index is 1.48. The summed E-state index contributed by atoms with van der Waals surface area (Å²) in [5.41, 5.74) is 0.636. The van der Waals surface area contributed by atoms with E-state index in [1.807, 2.05) is 0 Å². The van der Waals surface area contributed by atoms with Gasteiger partial charge < -0.3 is 13.7 Å². The fourth-order valence-electron chi connectivity index (χ4n) is 2.35. The van der Waals surface area contributed by atoms with Gasteiger partial charge in [-0.1, -0.05) is 34.4 Å². The van der Waals surface area contributed by atoms with E-state index in [4.69, 9.17) is 36.9 Å². The minimum absolute atomic E-state index is 0.152. The molecule has 0 radical (unpaired) electrons. The first-order valence-electron chi connectivity index (χ1n) is 7.86. The van der Waals surface area contributed by atoms with E-state index in [9.17, 15) is 4.39 Å². The highest BCUT2D eigenvalue weighted by Gasteiger charge is 2.15. The predicted octanol–water partition coefficient (Wildman–Crippen LogP) is 6.02. The number of aromatic nitrogens is 2. The highest BCUT2D eigenvalue weighted by atomic mass is 35.5. The van der Waals surface area contributed by atoms with E-state index in [0.717, 1.165) is 0 Å². The van der Waals surface area contributed by atoms with Gasteiger partial charge in [-0.05, 0) is 48.5 Å². The number of ether oxygens (including phenoxy) is 1. The van der Waals surface area contributed by atoms with Crippen molar-refractivity contribution in [1.29, 1.82) is 0 Å². The topological polar surface area (TPSA) is 61.3 Å². The van der Waals surface area contributed by atoms with Crippen LogP contribution in [0.1, 0.15) is 5.76 Å². The van der Waals surface area contributed by atoms with Gasteiger partial charge in [0, 0.05) is 5.56 Å². The van der Waals surface area contributed by atoms with Crippen LogP contribution in [0.3, 0.4) is 0 Å². The van der Waals surface area contributed by atoms with E-state index in [0.29, 0.717) is 38.7 Å². The number of rotatable bonds is 5. The molecule has 136 valence electrons. The van der Waals surface area contributed by atoms with Crippen LogP contribution >= 0.6 is 23.2 Å². The summed E-state index contributed by atoms with van der Waals surface area (Å²) in [4.78, 5) is 4.26. The number of furan rings is 1. The largest absolute Gasteiger partial charge is 0.484 e. The van der Waals surface area contributed by atoms with Crippen molar-refractivity contribution >= 4 is 23.2 Å². The van der Waals surface area contributed by atoms with E-state index < -0.39 is 0 Å². The van der Waals surface area contributed by atoms with Crippen molar-refractivity contribution in [2.75, 3.05) is 0 Å². The summed E-state index contributed by atoms with van der Waals surface area (Å²) in [6, 6.07) is 14.4. The van der Waals surface area contributed by atoms with Gasteiger partial charge in [-0.3, -0.25) is 0 Å². The van der Waals surface area contributed by atoms with Crippen LogP contribution < -0.4 is 4.74 Å². The van der Waals surface area contributed by atoms with E-state index in [2.05, 4.69) is 10.1 Å². The maximum absolute atomic E-state index is 13.0. The van der Waals surface area contributed by atoms with Crippen molar-refractivity contribution < 1.29 is 18.1 Å². The highest BCUT2D eigenvalue weighted by molar-refractivity contribution is 6.42. The first-order chi connectivity index (χ1) is 13.1. The third-order valence-corrected chi connectivity index (χ3v) is 4.49. The molecule has 8 heteroatoms. The molecule has 0 aliphatic heterocycles. The van der Waals surface area contributed by atoms with Gasteiger partial charge in [0.2, 0.25) is 5.82 Å². The summed E-state index contributed by atoms with van der Waals surface area (Å²) in [5, 5.41) is 4.63. The molecule has 2 aromatic heterocycles. The summed E-state index contributed by atoms with van der Waals surface area (Å²) in [6.07, 6.45) is 0. The number of hydrogen-bond donors (Lipinski definition) is 0. The molecule has 0 spiro atoms. The number of hydrogen-bond acceptors (Lipinski definition) is 5. The van der Waals surface area contributed by atoms with Gasteiger partial charge in [-0.15, -0.1) is 0 Å². The smallest absolute Gasteiger partial charge is 0.293 e. The molecule has 2 heterocycles. The first-order valence-corrected chi connectivity index (χ1v) is 8.61. The monoisotopic (exact) mass is 404 g/mol. The minimum Gasteiger partial charge on any atom is -0.484 e. The maximum atomic E-state index is 13.0. The number of nitrogens with zero attached hydrogens (tertiary/aromatic N) is 2. The molecule has 0 saturated carbocycles. The van der Waals surface area contributed by atoms with Crippen LogP contribution in [-0.4, -0.2) is 10.1 Å². The zero-order valence-corrected chi connectivity index (χ0v) is 15.2. The van der Waals surface area contributed by atoms with Crippen molar-refractivity contribution in [3.05, 3.63) is 76.2 Å². The molecular formula is C19H11Cl2FN2O3. The van der Waals surface area contributed by atoms with Crippen LogP contribution in [0.15, 0.2) is 63.5 Å². The molecule has 0 saturated heterocycles. The molecule has 4 rings (SSSR count). The number of halogens is 3. The quantitative estimate of drug-likeness (QED) is 0.406. The molecular weight excluding hydrogens is 394 g/mol. The molecule has 0 fully saturated rings. The van der Waals surface area contributed by atoms with E-state index >= 15 is 0 Å². The average Bonchev–Trinajstić information content (AvgIpc) is 3.33. The van der Waals surface area contributed by atoms with Crippen molar-refractivity contribution in [2.45, 2.75) is 6.61 Å². The zero-order chi connectivity index (χ0) is 18.8. The first kappa shape index (κ1) is 17.6. The Morgan fingerprint density at radius 1 is 1.00 bits per heavy atom. The summed E-state index contributed by atoms with van der Waals surface area (Å²) in [5.74, 6) is 1.61. The SMILES string of the molecule is Fc1ccc(-c2noc(-c3ccc(COc4cccc(Cl)c4Cl)o3)n2)cc1. The Morgan fingerprint density at radius 2 is 1.81 bits per heavy atom. The molecule has 0 amide bonds. The van der Waals surface area contributed by atoms with Crippen LogP contribution in [0.4, 0.5) is 4.39 Å². The average molecular weight is 405 g/mol. The lowest BCUT2D eigenvalue weighted by atomic mass is 10.2. The molecule has 0 N–H and O–H groups in total. The van der Waals surface area contributed by atoms with E-state index in [-0.39, 0.29) is 18.3 Å². The third kappa shape index (κ3) is 3.82. The Kier molecular flexibility index (Phi) is 4.83. The van der Waals surface area contributed by atoms with Crippen LogP contribution in [0, 0.1) is 5.82 Å². The predicted molar refractivity (Wildman–Crippen MR) is 98.2 cm³/mol. The Hall–Kier alpha value is -2.83. The van der Waals surface area contributed by atoms with Gasteiger partial charge in [0.15, 0.2) is 5.76 Å². The second-order valence-corrected chi connectivity index (χ2v) is 6.32. The fraction of sp³-hybridized carbons (Fsp3) is 0.0526. The summed E-state index contributed by atoms with van der Waals surface area (Å²) in [6.45, 7) is 0.152. The van der Waals surface area contributed by atoms with Crippen LogP contribution in [0.25, 0.3) is 23.0 Å². The van der Waals surface area contributed by atoms with Gasteiger partial charge in [-0.2, -0.15) is 4.98 Å². The fourth-order valence-corrected chi connectivity index (χ4v) is 2.70. The molecule has 0 aliphatic carbocycles. The Morgan fingerprint density at radius 3 is 2.63 bits per heavy atom. The third-order valence-electron chi connectivity index (χ3n) is 3.69. The number of benzene rings is 2. The van der Waals surface area contributed by atoms with Gasteiger partial charge in [0.1, 0.15) is 29.0 Å². The standard InChI is InChI=1S/C19H11Cl2FN2O3/c20-14-2-1-3-15(17(14)21)25-10-13-8-9-16(26-13)19-23-18(24-27-19)11-4-6-12(22)7-5-11/h1-9H,10H2. The van der Waals surface area contributed by atoms with Gasteiger partial charge >= 0.3 is 0 Å². The van der Waals surface area contributed by atoms with Crippen LogP contribution in [0.2, 0.25) is 10.0 Å². The van der Waals surface area contributed by atoms with Crippen LogP contribution in [0.5, 0.6) is 5.75 Å². The molecule has 5 nitrogen and oxygen atoms in total. The van der Waals surface area contributed by atoms with E-state index in [1.165, 1.54) is 12.1 Å². The Labute approximate surface area is 163 Å². The summed E-state index contributed by atoms with van der Waals surface area (Å²) in [7, 11) is 0. The molecule has 4 aromatic rings. The van der Waals surface area contributed by atoms with Crippen molar-refractivity contribution in [1.82, 2.24) is 10.1 Å². The molecule has 0 atom stereocenters. The maximum Gasteiger partial charge on any atom is 0.293 e. The van der Waals surface area contributed by atoms with Crippen LogP contribution in [-0.2, 0) is 6.61 Å². The molecule has 0 unspecified atom stereocenters. The molecule has 0 aliphatic rings. The van der Waals surface area contributed by atoms with Gasteiger partial charge in [0.05, 0.1) is 5.02 Å². The molecule has 0 bridgehead atoms. The lowest BCUT2D eigenvalue weighted by molar-refractivity contribution is 0.270. The normalized spacial score (nSPS) is 10.9. The second-order valence-electron chi connectivity index (χ2n) is 5.54. The summed E-state index contributed by atoms with van der Waals surface area (Å²) < 4.78 is 29.5. The van der Waals surface area contributed by atoms with Crippen molar-refractivity contribution in [3.63, 3.8) is 0 Å². The zero-order valence-electron chi connectivity index (χ0n) is 13.7. The van der Waals surface area contributed by atoms with Gasteiger partial charge in [0.25, 0.3) is 5.89 Å². The summed E-state index contributed by atoms with van der Waals surface area (Å²) >= 11 is 12.0. The Bertz CT molecular complexity index is 1080.